The number of carbonyl (C=O) groups excluding carboxylic acids is 1. The maximum absolute atomic E-state index is 12.6. The van der Waals surface area contributed by atoms with Crippen LogP contribution in [0.2, 0.25) is 0 Å². The Kier molecular flexibility index (Phi) is 4.67. The molecule has 1 atom stereocenters. The summed E-state index contributed by atoms with van der Waals surface area (Å²) in [7, 11) is 0. The number of benzene rings is 1. The molecule has 21 heavy (non-hydrogen) atoms. The molecule has 1 aromatic heterocycles. The van der Waals surface area contributed by atoms with Crippen LogP contribution in [-0.2, 0) is 11.3 Å². The van der Waals surface area contributed by atoms with Crippen LogP contribution < -0.4 is 11.3 Å². The number of fused-ring (bicyclic) bond motifs is 1. The molecule has 6 heteroatoms. The van der Waals surface area contributed by atoms with Gasteiger partial charge in [-0.05, 0) is 25.0 Å². The second-order valence-electron chi connectivity index (χ2n) is 5.38. The minimum Gasteiger partial charge on any atom is -0.369 e. The van der Waals surface area contributed by atoms with Crippen LogP contribution in [0.5, 0.6) is 0 Å². The molecule has 0 aliphatic heterocycles. The Bertz CT molecular complexity index is 724. The summed E-state index contributed by atoms with van der Waals surface area (Å²) in [5.74, 6) is -0.118. The average molecular weight is 305 g/mol. The highest BCUT2D eigenvalue weighted by Crippen LogP contribution is 2.22. The zero-order valence-electron chi connectivity index (χ0n) is 12.4. The zero-order chi connectivity index (χ0) is 15.6. The summed E-state index contributed by atoms with van der Waals surface area (Å²) in [6.07, 6.45) is 0. The molecular formula is C15H19N3O2S. The van der Waals surface area contributed by atoms with Crippen LogP contribution >= 0.6 is 11.8 Å². The van der Waals surface area contributed by atoms with Crippen LogP contribution in [0.1, 0.15) is 20.8 Å². The minimum absolute atomic E-state index is 0.0755. The number of thioether (sulfide) groups is 1. The Balaban J connectivity index is 2.60. The van der Waals surface area contributed by atoms with E-state index in [1.165, 1.54) is 11.8 Å². The monoisotopic (exact) mass is 305 g/mol. The molecule has 0 bridgehead atoms. The van der Waals surface area contributed by atoms with Crippen molar-refractivity contribution in [3.05, 3.63) is 34.6 Å². The van der Waals surface area contributed by atoms with Gasteiger partial charge in [-0.3, -0.25) is 14.2 Å². The molecule has 0 aliphatic carbocycles. The van der Waals surface area contributed by atoms with E-state index in [9.17, 15) is 9.59 Å². The smallest absolute Gasteiger partial charge is 0.262 e. The summed E-state index contributed by atoms with van der Waals surface area (Å²) in [4.78, 5) is 28.4. The number of carbonyl (C=O) groups is 1. The van der Waals surface area contributed by atoms with Crippen LogP contribution in [0.3, 0.4) is 0 Å². The fraction of sp³-hybridized carbons (Fsp3) is 0.400. The molecule has 1 amide bonds. The van der Waals surface area contributed by atoms with Gasteiger partial charge in [0.05, 0.1) is 16.2 Å². The van der Waals surface area contributed by atoms with Gasteiger partial charge >= 0.3 is 0 Å². The largest absolute Gasteiger partial charge is 0.369 e. The predicted molar refractivity (Wildman–Crippen MR) is 85.4 cm³/mol. The number of hydrogen-bond donors (Lipinski definition) is 1. The average Bonchev–Trinajstić information content (AvgIpc) is 2.42. The maximum Gasteiger partial charge on any atom is 0.262 e. The third-order valence-electron chi connectivity index (χ3n) is 3.06. The molecular weight excluding hydrogens is 286 g/mol. The lowest BCUT2D eigenvalue weighted by Crippen LogP contribution is -2.28. The van der Waals surface area contributed by atoms with Gasteiger partial charge in [-0.15, -0.1) is 0 Å². The topological polar surface area (TPSA) is 78.0 Å². The molecule has 0 aliphatic rings. The van der Waals surface area contributed by atoms with Crippen molar-refractivity contribution >= 4 is 28.6 Å². The van der Waals surface area contributed by atoms with Gasteiger partial charge in [0.25, 0.3) is 5.56 Å². The van der Waals surface area contributed by atoms with Crippen molar-refractivity contribution in [2.24, 2.45) is 11.7 Å². The Morgan fingerprint density at radius 1 is 1.33 bits per heavy atom. The highest BCUT2D eigenvalue weighted by Gasteiger charge is 2.17. The van der Waals surface area contributed by atoms with Gasteiger partial charge in [-0.25, -0.2) is 4.98 Å². The summed E-state index contributed by atoms with van der Waals surface area (Å²) in [5, 5.41) is 0.699. The van der Waals surface area contributed by atoms with E-state index >= 15 is 0 Å². The standard InChI is InChI=1S/C15H19N3O2S/c1-9(2)8-18-14(20)11-6-4-5-7-12(11)17-15(18)21-10(3)13(16)19/h4-7,9-10H,8H2,1-3H3,(H2,16,19). The Labute approximate surface area is 127 Å². The highest BCUT2D eigenvalue weighted by atomic mass is 32.2. The molecule has 0 spiro atoms. The lowest BCUT2D eigenvalue weighted by molar-refractivity contribution is -0.117. The van der Waals surface area contributed by atoms with Gasteiger partial charge in [-0.2, -0.15) is 0 Å². The van der Waals surface area contributed by atoms with Crippen LogP contribution in [0.25, 0.3) is 10.9 Å². The molecule has 1 unspecified atom stereocenters. The van der Waals surface area contributed by atoms with E-state index in [1.54, 1.807) is 23.6 Å². The number of rotatable bonds is 5. The first-order valence-corrected chi connectivity index (χ1v) is 7.73. The van der Waals surface area contributed by atoms with Gasteiger partial charge in [0.2, 0.25) is 5.91 Å². The minimum atomic E-state index is -0.434. The first-order valence-electron chi connectivity index (χ1n) is 6.85. The predicted octanol–water partition coefficient (Wildman–Crippen LogP) is 2.02. The summed E-state index contributed by atoms with van der Waals surface area (Å²) < 4.78 is 1.64. The second-order valence-corrected chi connectivity index (χ2v) is 6.69. The van der Waals surface area contributed by atoms with Crippen molar-refractivity contribution in [3.8, 4) is 0 Å². The summed E-state index contributed by atoms with van der Waals surface area (Å²) >= 11 is 1.23. The summed E-state index contributed by atoms with van der Waals surface area (Å²) in [6, 6.07) is 7.24. The molecule has 0 saturated carbocycles. The highest BCUT2D eigenvalue weighted by molar-refractivity contribution is 8.00. The lowest BCUT2D eigenvalue weighted by Gasteiger charge is -2.16. The molecule has 0 radical (unpaired) electrons. The van der Waals surface area contributed by atoms with Crippen LogP contribution in [0, 0.1) is 5.92 Å². The fourth-order valence-electron chi connectivity index (χ4n) is 1.98. The molecule has 1 aromatic carbocycles. The molecule has 0 fully saturated rings. The second kappa shape index (κ2) is 6.30. The van der Waals surface area contributed by atoms with Crippen molar-refractivity contribution in [1.82, 2.24) is 9.55 Å². The molecule has 112 valence electrons. The van der Waals surface area contributed by atoms with Crippen LogP contribution in [-0.4, -0.2) is 20.7 Å². The van der Waals surface area contributed by atoms with E-state index in [1.807, 2.05) is 26.0 Å². The molecule has 0 saturated heterocycles. The third kappa shape index (κ3) is 3.44. The van der Waals surface area contributed by atoms with Gasteiger partial charge in [0, 0.05) is 6.54 Å². The van der Waals surface area contributed by atoms with Crippen molar-refractivity contribution in [1.29, 1.82) is 0 Å². The Hall–Kier alpha value is -1.82. The van der Waals surface area contributed by atoms with E-state index in [0.717, 1.165) is 0 Å². The maximum atomic E-state index is 12.6. The zero-order valence-corrected chi connectivity index (χ0v) is 13.2. The van der Waals surface area contributed by atoms with Crippen molar-refractivity contribution in [3.63, 3.8) is 0 Å². The van der Waals surface area contributed by atoms with Gasteiger partial charge in [0.1, 0.15) is 0 Å². The fourth-order valence-corrected chi connectivity index (χ4v) is 2.85. The lowest BCUT2D eigenvalue weighted by atomic mass is 10.2. The van der Waals surface area contributed by atoms with Gasteiger partial charge in [-0.1, -0.05) is 37.7 Å². The van der Waals surface area contributed by atoms with Crippen LogP contribution in [0.4, 0.5) is 0 Å². The van der Waals surface area contributed by atoms with Gasteiger partial charge in [0.15, 0.2) is 5.16 Å². The number of primary amides is 1. The first-order chi connectivity index (χ1) is 9.90. The Morgan fingerprint density at radius 2 is 2.00 bits per heavy atom. The normalized spacial score (nSPS) is 12.8. The number of aromatic nitrogens is 2. The summed E-state index contributed by atoms with van der Waals surface area (Å²) in [5.41, 5.74) is 5.88. The van der Waals surface area contributed by atoms with E-state index in [0.29, 0.717) is 28.5 Å². The van der Waals surface area contributed by atoms with Gasteiger partial charge < -0.3 is 5.73 Å². The summed E-state index contributed by atoms with van der Waals surface area (Å²) in [6.45, 7) is 6.35. The number of para-hydroxylation sites is 1. The molecule has 2 rings (SSSR count). The van der Waals surface area contributed by atoms with E-state index in [2.05, 4.69) is 4.98 Å². The number of hydrogen-bond acceptors (Lipinski definition) is 4. The quantitative estimate of drug-likeness (QED) is 0.677. The molecule has 2 N–H and O–H groups in total. The Morgan fingerprint density at radius 3 is 2.62 bits per heavy atom. The molecule has 2 aromatic rings. The third-order valence-corrected chi connectivity index (χ3v) is 4.17. The molecule has 5 nitrogen and oxygen atoms in total. The molecule has 1 heterocycles. The number of amides is 1. The SMILES string of the molecule is CC(C)Cn1c(SC(C)C(N)=O)nc2ccccc2c1=O. The number of nitrogens with two attached hydrogens (primary N) is 1. The van der Waals surface area contributed by atoms with E-state index in [4.69, 9.17) is 5.73 Å². The van der Waals surface area contributed by atoms with E-state index in [-0.39, 0.29) is 5.56 Å². The van der Waals surface area contributed by atoms with Crippen molar-refractivity contribution < 1.29 is 4.79 Å². The number of nitrogens with zero attached hydrogens (tertiary/aromatic N) is 2. The van der Waals surface area contributed by atoms with Crippen molar-refractivity contribution in [2.45, 2.75) is 37.7 Å². The van der Waals surface area contributed by atoms with Crippen LogP contribution in [0.15, 0.2) is 34.2 Å². The van der Waals surface area contributed by atoms with E-state index < -0.39 is 11.2 Å². The van der Waals surface area contributed by atoms with Crippen molar-refractivity contribution in [2.75, 3.05) is 0 Å². The first kappa shape index (κ1) is 15.6.